The van der Waals surface area contributed by atoms with Crippen LogP contribution in [0.2, 0.25) is 0 Å². The second kappa shape index (κ2) is 7.11. The maximum absolute atomic E-state index is 12.5. The summed E-state index contributed by atoms with van der Waals surface area (Å²) in [4.78, 5) is 29.4. The Labute approximate surface area is 176 Å². The van der Waals surface area contributed by atoms with Crippen LogP contribution in [0.15, 0.2) is 60.7 Å². The first kappa shape index (κ1) is 19.9. The third-order valence-corrected chi connectivity index (χ3v) is 13.5. The van der Waals surface area contributed by atoms with Gasteiger partial charge in [0.25, 0.3) is 0 Å². The Hall–Kier alpha value is -3.44. The molecule has 2 atom stereocenters. The van der Waals surface area contributed by atoms with E-state index in [0.717, 1.165) is 22.3 Å². The van der Waals surface area contributed by atoms with Gasteiger partial charge in [-0.2, -0.15) is 0 Å². The fraction of sp³-hybridized carbons (Fsp3) is 0.0800. The monoisotopic (exact) mass is 430 g/mol. The van der Waals surface area contributed by atoms with E-state index in [1.165, 1.54) is 0 Å². The van der Waals surface area contributed by atoms with E-state index in [1.807, 2.05) is 84.7 Å². The summed E-state index contributed by atoms with van der Waals surface area (Å²) < 4.78 is 10.9. The molecule has 0 N–H and O–H groups in total. The molecule has 2 aromatic rings. The molecule has 2 unspecified atom stereocenters. The fourth-order valence-electron chi connectivity index (χ4n) is 4.50. The van der Waals surface area contributed by atoms with Crippen molar-refractivity contribution in [3.8, 4) is 24.7 Å². The zero-order valence-corrected chi connectivity index (χ0v) is 17.6. The molecule has 0 aliphatic heterocycles. The van der Waals surface area contributed by atoms with Crippen LogP contribution in [-0.4, -0.2) is 16.8 Å². The van der Waals surface area contributed by atoms with Crippen LogP contribution >= 0.6 is 0 Å². The van der Waals surface area contributed by atoms with Gasteiger partial charge in [-0.25, -0.2) is 0 Å². The molecule has 0 saturated carbocycles. The third-order valence-electron chi connectivity index (χ3n) is 5.79. The Kier molecular flexibility index (Phi) is 4.71. The number of carbonyl (C=O) groups excluding carboxylic acids is 2. The molecule has 30 heavy (non-hydrogen) atoms. The zero-order chi connectivity index (χ0) is 21.4. The van der Waals surface area contributed by atoms with E-state index in [4.69, 9.17) is 19.5 Å². The number of benzene rings is 2. The molecular formula is C25H18O4Ti. The van der Waals surface area contributed by atoms with Crippen LogP contribution in [0.5, 0.6) is 0 Å². The summed E-state index contributed by atoms with van der Waals surface area (Å²) in [5.41, 5.74) is 3.59. The van der Waals surface area contributed by atoms with Crippen molar-refractivity contribution in [1.82, 2.24) is 0 Å². The molecule has 2 aliphatic carbocycles. The SMILES string of the molecule is C#CC(=O)[O][Ti](=[CH2])([O]C(=O)C#C)([CH]1C=Cc2ccccc21)[CH]1C=Cc2ccccc21. The van der Waals surface area contributed by atoms with Crippen molar-refractivity contribution in [2.75, 3.05) is 0 Å². The van der Waals surface area contributed by atoms with Gasteiger partial charge in [-0.05, 0) is 0 Å². The third kappa shape index (κ3) is 2.90. The Balaban J connectivity index is 2.03. The van der Waals surface area contributed by atoms with Gasteiger partial charge < -0.3 is 0 Å². The van der Waals surface area contributed by atoms with E-state index in [1.54, 1.807) is 0 Å². The van der Waals surface area contributed by atoms with Gasteiger partial charge in [0.2, 0.25) is 0 Å². The van der Waals surface area contributed by atoms with Crippen molar-refractivity contribution in [2.45, 2.75) is 8.45 Å². The van der Waals surface area contributed by atoms with Gasteiger partial charge in [-0.15, -0.1) is 0 Å². The molecule has 4 nitrogen and oxygen atoms in total. The van der Waals surface area contributed by atoms with Crippen molar-refractivity contribution in [3.63, 3.8) is 0 Å². The van der Waals surface area contributed by atoms with Crippen LogP contribution in [-0.2, 0) is 31.8 Å². The Morgan fingerprint density at radius 1 is 0.800 bits per heavy atom. The molecule has 5 heteroatoms. The molecule has 0 aromatic heterocycles. The molecule has 0 heterocycles. The number of carbonyl (C=O) groups is 2. The van der Waals surface area contributed by atoms with Gasteiger partial charge in [0.1, 0.15) is 0 Å². The van der Waals surface area contributed by atoms with E-state index >= 15 is 0 Å². The van der Waals surface area contributed by atoms with Crippen molar-refractivity contribution >= 4 is 28.9 Å². The average Bonchev–Trinajstić information content (AvgIpc) is 3.39. The molecule has 0 fully saturated rings. The summed E-state index contributed by atoms with van der Waals surface area (Å²) in [6, 6.07) is 15.3. The van der Waals surface area contributed by atoms with Gasteiger partial charge in [0.05, 0.1) is 0 Å². The van der Waals surface area contributed by atoms with Gasteiger partial charge in [-0.3, -0.25) is 0 Å². The van der Waals surface area contributed by atoms with Crippen LogP contribution < -0.4 is 0 Å². The summed E-state index contributed by atoms with van der Waals surface area (Å²) in [6.45, 7) is 0. The van der Waals surface area contributed by atoms with E-state index < -0.39 is 36.0 Å². The molecule has 2 aromatic carbocycles. The second-order valence-corrected chi connectivity index (χ2v) is 14.4. The minimum atomic E-state index is -5.46. The van der Waals surface area contributed by atoms with E-state index in [9.17, 15) is 9.59 Å². The van der Waals surface area contributed by atoms with E-state index in [0.29, 0.717) is 0 Å². The summed E-state index contributed by atoms with van der Waals surface area (Å²) >= 11 is -5.46. The standard InChI is InChI=1S/2C9H7.2C3H2O2.CH2.Ti/c2*1-2-5-9-7-3-6-8(9)4-1;2*1-2-3(4)5;;/h2*1-7H;2*1H,(H,4,5);1H2;/q;;;;;+2/p-2. The number of terminal acetylenes is 2. The Morgan fingerprint density at radius 3 is 1.60 bits per heavy atom. The van der Waals surface area contributed by atoms with Crippen molar-refractivity contribution < 1.29 is 31.8 Å². The topological polar surface area (TPSA) is 52.6 Å². The van der Waals surface area contributed by atoms with Crippen molar-refractivity contribution in [3.05, 3.63) is 82.9 Å². The zero-order valence-electron chi connectivity index (χ0n) is 16.1. The fourth-order valence-corrected chi connectivity index (χ4v) is 11.9. The van der Waals surface area contributed by atoms with Crippen molar-refractivity contribution in [2.24, 2.45) is 0 Å². The van der Waals surface area contributed by atoms with Gasteiger partial charge in [0.15, 0.2) is 0 Å². The molecular weight excluding hydrogens is 412 g/mol. The minimum absolute atomic E-state index is 0.561. The molecule has 2 aliphatic rings. The Morgan fingerprint density at radius 2 is 1.20 bits per heavy atom. The van der Waals surface area contributed by atoms with E-state index in [2.05, 4.69) is 4.82 Å². The van der Waals surface area contributed by atoms with Crippen LogP contribution in [0, 0.1) is 24.7 Å². The molecule has 0 saturated heterocycles. The molecule has 146 valence electrons. The summed E-state index contributed by atoms with van der Waals surface area (Å²) in [6.07, 6.45) is 18.3. The quantitative estimate of drug-likeness (QED) is 0.547. The van der Waals surface area contributed by atoms with Gasteiger partial charge in [0, 0.05) is 0 Å². The number of hydrogen-bond acceptors (Lipinski definition) is 4. The van der Waals surface area contributed by atoms with Crippen LogP contribution in [0.4, 0.5) is 0 Å². The van der Waals surface area contributed by atoms with Crippen LogP contribution in [0.3, 0.4) is 0 Å². The summed E-state index contributed by atoms with van der Waals surface area (Å²) in [5.74, 6) is 2.12. The van der Waals surface area contributed by atoms with Gasteiger partial charge in [-0.1, -0.05) is 0 Å². The van der Waals surface area contributed by atoms with Crippen molar-refractivity contribution in [1.29, 1.82) is 0 Å². The first-order chi connectivity index (χ1) is 14.4. The number of rotatable bonds is 4. The first-order valence-electron chi connectivity index (χ1n) is 9.38. The molecule has 0 radical (unpaired) electrons. The van der Waals surface area contributed by atoms with Gasteiger partial charge >= 0.3 is 177 Å². The molecule has 0 amide bonds. The maximum atomic E-state index is 12.5. The molecule has 0 bridgehead atoms. The second-order valence-electron chi connectivity index (χ2n) is 7.42. The predicted octanol–water partition coefficient (Wildman–Crippen LogP) is 3.83. The first-order valence-corrected chi connectivity index (χ1v) is 13.6. The van der Waals surface area contributed by atoms with E-state index in [-0.39, 0.29) is 0 Å². The van der Waals surface area contributed by atoms with Crippen LogP contribution in [0.1, 0.15) is 30.7 Å². The normalized spacial score (nSPS) is 18.6. The van der Waals surface area contributed by atoms with Crippen LogP contribution in [0.25, 0.3) is 12.2 Å². The number of fused-ring (bicyclic) bond motifs is 2. The summed E-state index contributed by atoms with van der Waals surface area (Å²) in [5, 5.41) is 0. The average molecular weight is 430 g/mol. The molecule has 4 rings (SSSR count). The predicted molar refractivity (Wildman–Crippen MR) is 113 cm³/mol. The Bertz CT molecular complexity index is 1180. The summed E-state index contributed by atoms with van der Waals surface area (Å²) in [7, 11) is 0. The number of allylic oxidation sites excluding steroid dienone is 2. The molecule has 0 spiro atoms. The number of hydrogen-bond donors (Lipinski definition) is 0.